The van der Waals surface area contributed by atoms with E-state index in [-0.39, 0.29) is 17.6 Å². The molecule has 110 valence electrons. The zero-order valence-corrected chi connectivity index (χ0v) is 12.7. The van der Waals surface area contributed by atoms with Crippen LogP contribution in [0.2, 0.25) is 0 Å². The molecule has 0 saturated carbocycles. The van der Waals surface area contributed by atoms with Gasteiger partial charge in [0.15, 0.2) is 10.4 Å². The topological polar surface area (TPSA) is 84.2 Å². The van der Waals surface area contributed by atoms with Crippen LogP contribution < -0.4 is 10.6 Å². The molecule has 6 nitrogen and oxygen atoms in total. The number of furan rings is 1. The van der Waals surface area contributed by atoms with Crippen molar-refractivity contribution in [2.45, 2.75) is 6.42 Å². The van der Waals surface area contributed by atoms with Crippen molar-refractivity contribution in [2.75, 3.05) is 13.1 Å². The van der Waals surface area contributed by atoms with E-state index in [1.165, 1.54) is 0 Å². The molecule has 0 spiro atoms. The Kier molecular flexibility index (Phi) is 5.51. The van der Waals surface area contributed by atoms with E-state index in [9.17, 15) is 9.59 Å². The van der Waals surface area contributed by atoms with Crippen molar-refractivity contribution < 1.29 is 14.0 Å². The van der Waals surface area contributed by atoms with E-state index in [0.29, 0.717) is 29.9 Å². The molecule has 0 bridgehead atoms. The van der Waals surface area contributed by atoms with Crippen LogP contribution in [0.4, 0.5) is 0 Å². The summed E-state index contributed by atoms with van der Waals surface area (Å²) in [6, 6.07) is 8.39. The molecule has 21 heavy (non-hydrogen) atoms. The van der Waals surface area contributed by atoms with Gasteiger partial charge in [-0.25, -0.2) is 0 Å². The molecule has 0 aromatic carbocycles. The second-order valence-electron chi connectivity index (χ2n) is 4.18. The van der Waals surface area contributed by atoms with E-state index in [0.717, 1.165) is 0 Å². The van der Waals surface area contributed by atoms with Crippen molar-refractivity contribution in [3.8, 4) is 0 Å². The number of carbonyl (C=O) groups is 2. The Morgan fingerprint density at radius 3 is 2.48 bits per heavy atom. The minimum Gasteiger partial charge on any atom is -0.444 e. The van der Waals surface area contributed by atoms with E-state index >= 15 is 0 Å². The Bertz CT molecular complexity index is 613. The summed E-state index contributed by atoms with van der Waals surface area (Å²) in [6.45, 7) is 0.900. The number of aromatic nitrogens is 1. The van der Waals surface area contributed by atoms with Crippen molar-refractivity contribution in [2.24, 2.45) is 0 Å². The maximum atomic E-state index is 11.7. The van der Waals surface area contributed by atoms with E-state index in [1.807, 2.05) is 0 Å². The smallest absolute Gasteiger partial charge is 0.287 e. The zero-order valence-electron chi connectivity index (χ0n) is 11.1. The van der Waals surface area contributed by atoms with Gasteiger partial charge in [-0.05, 0) is 46.6 Å². The summed E-state index contributed by atoms with van der Waals surface area (Å²) in [5.74, 6) is -0.256. The second-order valence-corrected chi connectivity index (χ2v) is 4.97. The standard InChI is InChI=1S/C14H14BrN3O3/c15-12-6-5-11(21-12)14(20)18-9-3-8-17-13(19)10-4-1-2-7-16-10/h1-2,4-7H,3,8-9H2,(H,17,19)(H,18,20). The van der Waals surface area contributed by atoms with Gasteiger partial charge >= 0.3 is 0 Å². The Labute approximate surface area is 130 Å². The maximum absolute atomic E-state index is 11.7. The molecule has 0 radical (unpaired) electrons. The fourth-order valence-electron chi connectivity index (χ4n) is 1.60. The molecule has 2 rings (SSSR count). The molecule has 0 atom stereocenters. The minimum absolute atomic E-state index is 0.225. The Morgan fingerprint density at radius 1 is 1.10 bits per heavy atom. The summed E-state index contributed by atoms with van der Waals surface area (Å²) in [6.07, 6.45) is 2.18. The average molecular weight is 352 g/mol. The SMILES string of the molecule is O=C(NCCCNC(=O)c1ccc(Br)o1)c1ccccn1. The molecule has 0 saturated heterocycles. The molecule has 7 heteroatoms. The number of nitrogens with zero attached hydrogens (tertiary/aromatic N) is 1. The third-order valence-electron chi connectivity index (χ3n) is 2.62. The van der Waals surface area contributed by atoms with Gasteiger partial charge in [0, 0.05) is 19.3 Å². The second kappa shape index (κ2) is 7.58. The number of pyridine rings is 1. The van der Waals surface area contributed by atoms with Gasteiger partial charge in [-0.3, -0.25) is 14.6 Å². The third kappa shape index (κ3) is 4.71. The van der Waals surface area contributed by atoms with Crippen LogP contribution in [0.5, 0.6) is 0 Å². The summed E-state index contributed by atoms with van der Waals surface area (Å²) >= 11 is 3.13. The van der Waals surface area contributed by atoms with Crippen LogP contribution in [0.1, 0.15) is 27.5 Å². The molecule has 0 fully saturated rings. The number of amides is 2. The number of rotatable bonds is 6. The molecule has 2 aromatic rings. The van der Waals surface area contributed by atoms with E-state index in [4.69, 9.17) is 4.42 Å². The van der Waals surface area contributed by atoms with E-state index in [2.05, 4.69) is 31.5 Å². The monoisotopic (exact) mass is 351 g/mol. The largest absolute Gasteiger partial charge is 0.444 e. The summed E-state index contributed by atoms with van der Waals surface area (Å²) in [7, 11) is 0. The van der Waals surface area contributed by atoms with Gasteiger partial charge in [-0.1, -0.05) is 6.07 Å². The highest BCUT2D eigenvalue weighted by Gasteiger charge is 2.09. The van der Waals surface area contributed by atoms with Crippen LogP contribution in [-0.4, -0.2) is 29.9 Å². The van der Waals surface area contributed by atoms with Gasteiger partial charge in [-0.2, -0.15) is 0 Å². The Hall–Kier alpha value is -2.15. The number of nitrogens with one attached hydrogen (secondary N) is 2. The first-order valence-corrected chi connectivity index (χ1v) is 7.19. The van der Waals surface area contributed by atoms with Gasteiger partial charge in [0.05, 0.1) is 0 Å². The molecule has 0 aliphatic carbocycles. The van der Waals surface area contributed by atoms with Gasteiger partial charge < -0.3 is 15.1 Å². The third-order valence-corrected chi connectivity index (χ3v) is 3.05. The molecule has 2 N–H and O–H groups in total. The van der Waals surface area contributed by atoms with Gasteiger partial charge in [0.2, 0.25) is 0 Å². The normalized spacial score (nSPS) is 10.1. The number of halogens is 1. The van der Waals surface area contributed by atoms with Crippen molar-refractivity contribution in [3.05, 3.63) is 52.7 Å². The van der Waals surface area contributed by atoms with Gasteiger partial charge in [0.25, 0.3) is 11.8 Å². The quantitative estimate of drug-likeness (QED) is 0.779. The summed E-state index contributed by atoms with van der Waals surface area (Å²) in [4.78, 5) is 27.3. The number of hydrogen-bond donors (Lipinski definition) is 2. The summed E-state index contributed by atoms with van der Waals surface area (Å²) in [5.41, 5.74) is 0.377. The predicted octanol–water partition coefficient (Wildman–Crippen LogP) is 1.99. The van der Waals surface area contributed by atoms with Crippen molar-refractivity contribution in [1.29, 1.82) is 0 Å². The van der Waals surface area contributed by atoms with Crippen LogP contribution in [-0.2, 0) is 0 Å². The highest BCUT2D eigenvalue weighted by molar-refractivity contribution is 9.10. The maximum Gasteiger partial charge on any atom is 0.287 e. The lowest BCUT2D eigenvalue weighted by Crippen LogP contribution is -2.30. The fourth-order valence-corrected chi connectivity index (χ4v) is 1.91. The lowest BCUT2D eigenvalue weighted by atomic mass is 10.3. The molecule has 2 heterocycles. The van der Waals surface area contributed by atoms with Crippen LogP contribution in [0.3, 0.4) is 0 Å². The van der Waals surface area contributed by atoms with Crippen LogP contribution in [0.25, 0.3) is 0 Å². The predicted molar refractivity (Wildman–Crippen MR) is 79.9 cm³/mol. The molecule has 0 aliphatic heterocycles. The van der Waals surface area contributed by atoms with E-state index < -0.39 is 0 Å². The molecular weight excluding hydrogens is 338 g/mol. The number of hydrogen-bond acceptors (Lipinski definition) is 4. The Morgan fingerprint density at radius 2 is 1.86 bits per heavy atom. The molecule has 2 amide bonds. The van der Waals surface area contributed by atoms with Gasteiger partial charge in [0.1, 0.15) is 5.69 Å². The molecular formula is C14H14BrN3O3. The first-order chi connectivity index (χ1) is 10.2. The highest BCUT2D eigenvalue weighted by atomic mass is 79.9. The van der Waals surface area contributed by atoms with Crippen molar-refractivity contribution in [3.63, 3.8) is 0 Å². The lowest BCUT2D eigenvalue weighted by Gasteiger charge is -2.05. The average Bonchev–Trinajstić information content (AvgIpc) is 2.94. The molecule has 0 aliphatic rings. The number of carbonyl (C=O) groups excluding carboxylic acids is 2. The van der Waals surface area contributed by atoms with Crippen LogP contribution in [0, 0.1) is 0 Å². The first kappa shape index (κ1) is 15.2. The van der Waals surface area contributed by atoms with Crippen molar-refractivity contribution in [1.82, 2.24) is 15.6 Å². The van der Waals surface area contributed by atoms with Crippen LogP contribution in [0.15, 0.2) is 45.6 Å². The highest BCUT2D eigenvalue weighted by Crippen LogP contribution is 2.13. The lowest BCUT2D eigenvalue weighted by molar-refractivity contribution is 0.0924. The fraction of sp³-hybridized carbons (Fsp3) is 0.214. The van der Waals surface area contributed by atoms with E-state index in [1.54, 1.807) is 36.5 Å². The minimum atomic E-state index is -0.281. The molecule has 2 aromatic heterocycles. The first-order valence-electron chi connectivity index (χ1n) is 6.39. The summed E-state index contributed by atoms with van der Waals surface area (Å²) in [5, 5.41) is 5.44. The van der Waals surface area contributed by atoms with Crippen LogP contribution >= 0.6 is 15.9 Å². The molecule has 0 unspecified atom stereocenters. The van der Waals surface area contributed by atoms with Gasteiger partial charge in [-0.15, -0.1) is 0 Å². The zero-order chi connectivity index (χ0) is 15.1. The Balaban J connectivity index is 1.64. The van der Waals surface area contributed by atoms with Crippen molar-refractivity contribution >= 4 is 27.7 Å². The summed E-state index contributed by atoms with van der Waals surface area (Å²) < 4.78 is 5.63.